The Balaban J connectivity index is 1.69. The number of rotatable bonds is 2. The van der Waals surface area contributed by atoms with Crippen molar-refractivity contribution in [1.29, 1.82) is 0 Å². The summed E-state index contributed by atoms with van der Waals surface area (Å²) in [5, 5.41) is 3.38. The highest BCUT2D eigenvalue weighted by atomic mass is 79.9. The zero-order valence-electron chi connectivity index (χ0n) is 10.3. The van der Waals surface area contributed by atoms with Gasteiger partial charge in [-0.3, -0.25) is 0 Å². The predicted molar refractivity (Wildman–Crippen MR) is 75.3 cm³/mol. The lowest BCUT2D eigenvalue weighted by Crippen LogP contribution is -2.42. The third-order valence-corrected chi connectivity index (χ3v) is 4.79. The number of piperidine rings is 1. The van der Waals surface area contributed by atoms with Crippen molar-refractivity contribution < 1.29 is 4.39 Å². The molecular formula is C14H18BrFN2. The van der Waals surface area contributed by atoms with Crippen LogP contribution < -0.4 is 5.32 Å². The fourth-order valence-corrected chi connectivity index (χ4v) is 3.65. The van der Waals surface area contributed by atoms with Gasteiger partial charge in [0.05, 0.1) is 5.69 Å². The second-order valence-electron chi connectivity index (χ2n) is 5.29. The summed E-state index contributed by atoms with van der Waals surface area (Å²) in [4.78, 5) is 2.58. The van der Waals surface area contributed by atoms with Crippen molar-refractivity contribution in [3.8, 4) is 0 Å². The maximum Gasteiger partial charge on any atom is 0.147 e. The van der Waals surface area contributed by atoms with Crippen LogP contribution in [0.3, 0.4) is 0 Å². The van der Waals surface area contributed by atoms with Gasteiger partial charge < -0.3 is 10.2 Å². The van der Waals surface area contributed by atoms with E-state index in [4.69, 9.17) is 0 Å². The molecule has 0 amide bonds. The summed E-state index contributed by atoms with van der Waals surface area (Å²) < 4.78 is 14.6. The number of halogens is 2. The van der Waals surface area contributed by atoms with E-state index in [9.17, 15) is 4.39 Å². The van der Waals surface area contributed by atoms with Crippen molar-refractivity contribution >= 4 is 21.6 Å². The molecule has 0 saturated carbocycles. The van der Waals surface area contributed by atoms with Gasteiger partial charge in [0.1, 0.15) is 5.82 Å². The lowest BCUT2D eigenvalue weighted by molar-refractivity contribution is 0.188. The van der Waals surface area contributed by atoms with E-state index in [0.717, 1.165) is 23.9 Å². The minimum Gasteiger partial charge on any atom is -0.379 e. The molecule has 2 aliphatic rings. The van der Waals surface area contributed by atoms with Crippen LogP contribution in [0.25, 0.3) is 0 Å². The molecule has 98 valence electrons. The van der Waals surface area contributed by atoms with Crippen molar-refractivity contribution in [2.45, 2.75) is 37.8 Å². The highest BCUT2D eigenvalue weighted by molar-refractivity contribution is 9.10. The molecule has 2 nitrogen and oxygen atoms in total. The molecule has 0 aromatic heterocycles. The molecule has 1 aromatic carbocycles. The SMILES string of the molecule is Fc1cccc(Br)c1NC1CCN2CCCC2C1. The molecule has 1 aromatic rings. The van der Waals surface area contributed by atoms with Gasteiger partial charge in [0.2, 0.25) is 0 Å². The maximum atomic E-state index is 13.8. The summed E-state index contributed by atoms with van der Waals surface area (Å²) >= 11 is 3.42. The first kappa shape index (κ1) is 12.4. The predicted octanol–water partition coefficient (Wildman–Crippen LogP) is 3.63. The monoisotopic (exact) mass is 312 g/mol. The van der Waals surface area contributed by atoms with Crippen LogP contribution >= 0.6 is 15.9 Å². The molecule has 3 rings (SSSR count). The zero-order chi connectivity index (χ0) is 12.5. The van der Waals surface area contributed by atoms with E-state index in [1.165, 1.54) is 25.5 Å². The Morgan fingerprint density at radius 1 is 1.28 bits per heavy atom. The van der Waals surface area contributed by atoms with E-state index in [-0.39, 0.29) is 5.82 Å². The summed E-state index contributed by atoms with van der Waals surface area (Å²) in [6.45, 7) is 2.40. The van der Waals surface area contributed by atoms with E-state index in [0.29, 0.717) is 17.8 Å². The molecule has 4 heteroatoms. The van der Waals surface area contributed by atoms with Crippen LogP contribution in [0.5, 0.6) is 0 Å². The average molecular weight is 313 g/mol. The van der Waals surface area contributed by atoms with Crippen LogP contribution in [-0.4, -0.2) is 30.1 Å². The normalized spacial score (nSPS) is 28.1. The minimum atomic E-state index is -0.168. The fourth-order valence-electron chi connectivity index (χ4n) is 3.20. The minimum absolute atomic E-state index is 0.168. The largest absolute Gasteiger partial charge is 0.379 e. The Morgan fingerprint density at radius 2 is 2.17 bits per heavy atom. The molecule has 1 N–H and O–H groups in total. The number of benzene rings is 1. The van der Waals surface area contributed by atoms with Crippen molar-refractivity contribution in [3.63, 3.8) is 0 Å². The summed E-state index contributed by atoms with van der Waals surface area (Å²) in [7, 11) is 0. The molecule has 0 bridgehead atoms. The maximum absolute atomic E-state index is 13.8. The summed E-state index contributed by atoms with van der Waals surface area (Å²) in [5.74, 6) is -0.168. The van der Waals surface area contributed by atoms with Crippen molar-refractivity contribution in [3.05, 3.63) is 28.5 Å². The van der Waals surface area contributed by atoms with E-state index >= 15 is 0 Å². The van der Waals surface area contributed by atoms with Crippen molar-refractivity contribution in [1.82, 2.24) is 4.90 Å². The first-order valence-electron chi connectivity index (χ1n) is 6.68. The zero-order valence-corrected chi connectivity index (χ0v) is 11.9. The van der Waals surface area contributed by atoms with E-state index in [1.807, 2.05) is 6.07 Å². The van der Waals surface area contributed by atoms with Gasteiger partial charge in [0.25, 0.3) is 0 Å². The number of nitrogens with one attached hydrogen (secondary N) is 1. The fraction of sp³-hybridized carbons (Fsp3) is 0.571. The standard InChI is InChI=1S/C14H18BrFN2/c15-12-4-1-5-13(16)14(12)17-10-6-8-18-7-2-3-11(18)9-10/h1,4-5,10-11,17H,2-3,6-9H2. The van der Waals surface area contributed by atoms with Gasteiger partial charge in [-0.05, 0) is 60.3 Å². The Morgan fingerprint density at radius 3 is 3.00 bits per heavy atom. The van der Waals surface area contributed by atoms with Crippen LogP contribution in [0.4, 0.5) is 10.1 Å². The van der Waals surface area contributed by atoms with Gasteiger partial charge in [-0.25, -0.2) is 4.39 Å². The van der Waals surface area contributed by atoms with Gasteiger partial charge in [-0.1, -0.05) is 6.07 Å². The molecule has 2 saturated heterocycles. The van der Waals surface area contributed by atoms with Crippen LogP contribution in [0, 0.1) is 5.82 Å². The number of fused-ring (bicyclic) bond motifs is 1. The number of hydrogen-bond donors (Lipinski definition) is 1. The summed E-state index contributed by atoms with van der Waals surface area (Å²) in [6.07, 6.45) is 4.87. The molecule has 2 heterocycles. The van der Waals surface area contributed by atoms with Crippen LogP contribution in [0.2, 0.25) is 0 Å². The van der Waals surface area contributed by atoms with E-state index in [1.54, 1.807) is 6.07 Å². The second kappa shape index (κ2) is 5.17. The number of nitrogens with zero attached hydrogens (tertiary/aromatic N) is 1. The molecule has 2 aliphatic heterocycles. The highest BCUT2D eigenvalue weighted by Crippen LogP contribution is 2.31. The van der Waals surface area contributed by atoms with Gasteiger partial charge in [-0.2, -0.15) is 0 Å². The third-order valence-electron chi connectivity index (χ3n) is 4.13. The second-order valence-corrected chi connectivity index (χ2v) is 6.15. The highest BCUT2D eigenvalue weighted by Gasteiger charge is 2.31. The van der Waals surface area contributed by atoms with Crippen LogP contribution in [-0.2, 0) is 0 Å². The topological polar surface area (TPSA) is 15.3 Å². The lowest BCUT2D eigenvalue weighted by atomic mass is 9.97. The molecule has 2 unspecified atom stereocenters. The van der Waals surface area contributed by atoms with Crippen LogP contribution in [0.1, 0.15) is 25.7 Å². The lowest BCUT2D eigenvalue weighted by Gasteiger charge is -2.35. The Bertz CT molecular complexity index is 418. The first-order chi connectivity index (χ1) is 8.74. The van der Waals surface area contributed by atoms with Gasteiger partial charge >= 0.3 is 0 Å². The number of para-hydroxylation sites is 1. The molecular weight excluding hydrogens is 295 g/mol. The van der Waals surface area contributed by atoms with Crippen molar-refractivity contribution in [2.24, 2.45) is 0 Å². The molecule has 2 fully saturated rings. The summed E-state index contributed by atoms with van der Waals surface area (Å²) in [5.41, 5.74) is 0.619. The molecule has 0 aliphatic carbocycles. The molecule has 0 spiro atoms. The van der Waals surface area contributed by atoms with Crippen molar-refractivity contribution in [2.75, 3.05) is 18.4 Å². The van der Waals surface area contributed by atoms with Crippen LogP contribution in [0.15, 0.2) is 22.7 Å². The van der Waals surface area contributed by atoms with E-state index in [2.05, 4.69) is 26.1 Å². The van der Waals surface area contributed by atoms with Gasteiger partial charge in [0.15, 0.2) is 0 Å². The first-order valence-corrected chi connectivity index (χ1v) is 7.48. The summed E-state index contributed by atoms with van der Waals surface area (Å²) in [6, 6.07) is 6.23. The molecule has 18 heavy (non-hydrogen) atoms. The van der Waals surface area contributed by atoms with E-state index < -0.39 is 0 Å². The Hall–Kier alpha value is -0.610. The Labute approximate surface area is 116 Å². The number of hydrogen-bond acceptors (Lipinski definition) is 2. The smallest absolute Gasteiger partial charge is 0.147 e. The quantitative estimate of drug-likeness (QED) is 0.897. The Kier molecular flexibility index (Phi) is 3.57. The van der Waals surface area contributed by atoms with Gasteiger partial charge in [0, 0.05) is 23.1 Å². The third kappa shape index (κ3) is 2.41. The number of anilines is 1. The van der Waals surface area contributed by atoms with Gasteiger partial charge in [-0.15, -0.1) is 0 Å². The average Bonchev–Trinajstić information content (AvgIpc) is 2.81. The molecule has 0 radical (unpaired) electrons. The molecule has 2 atom stereocenters.